The van der Waals surface area contributed by atoms with Gasteiger partial charge in [0.2, 0.25) is 5.91 Å². The Labute approximate surface area is 119 Å². The van der Waals surface area contributed by atoms with Crippen LogP contribution in [-0.4, -0.2) is 15.7 Å². The van der Waals surface area contributed by atoms with Crippen molar-refractivity contribution in [1.29, 1.82) is 0 Å². The zero-order valence-corrected chi connectivity index (χ0v) is 12.4. The van der Waals surface area contributed by atoms with Crippen LogP contribution in [-0.2, 0) is 11.8 Å². The molecule has 19 heavy (non-hydrogen) atoms. The molecule has 0 radical (unpaired) electrons. The van der Waals surface area contributed by atoms with Gasteiger partial charge in [-0.15, -0.1) is 0 Å². The van der Waals surface area contributed by atoms with Crippen molar-refractivity contribution in [3.05, 3.63) is 45.6 Å². The first-order valence-corrected chi connectivity index (χ1v) is 6.94. The third-order valence-corrected chi connectivity index (χ3v) is 4.01. The van der Waals surface area contributed by atoms with Crippen molar-refractivity contribution < 1.29 is 4.79 Å². The molecule has 0 aliphatic carbocycles. The Hall–Kier alpha value is -1.62. The normalized spacial score (nSPS) is 18.1. The average Bonchev–Trinajstić information content (AvgIpc) is 2.64. The van der Waals surface area contributed by atoms with Crippen LogP contribution in [0.2, 0.25) is 0 Å². The molecule has 1 amide bonds. The van der Waals surface area contributed by atoms with Crippen LogP contribution >= 0.6 is 15.9 Å². The van der Waals surface area contributed by atoms with Gasteiger partial charge in [-0.3, -0.25) is 9.48 Å². The van der Waals surface area contributed by atoms with Crippen LogP contribution in [0.15, 0.2) is 28.7 Å². The second kappa shape index (κ2) is 4.49. The molecule has 5 heteroatoms. The predicted molar refractivity (Wildman–Crippen MR) is 77.2 cm³/mol. The number of rotatable bonds is 1. The van der Waals surface area contributed by atoms with Gasteiger partial charge in [0, 0.05) is 29.4 Å². The molecule has 2 aromatic rings. The molecular formula is C14H14BrN3O. The number of carbonyl (C=O) groups excluding carboxylic acids is 1. The van der Waals surface area contributed by atoms with Gasteiger partial charge in [-0.05, 0) is 24.6 Å². The average molecular weight is 320 g/mol. The van der Waals surface area contributed by atoms with Crippen LogP contribution in [0.3, 0.4) is 0 Å². The molecule has 3 rings (SSSR count). The van der Waals surface area contributed by atoms with Gasteiger partial charge in [-0.1, -0.05) is 28.1 Å². The molecule has 98 valence electrons. The minimum absolute atomic E-state index is 0.0421. The van der Waals surface area contributed by atoms with E-state index in [-0.39, 0.29) is 11.8 Å². The van der Waals surface area contributed by atoms with Crippen LogP contribution in [0, 0.1) is 6.92 Å². The summed E-state index contributed by atoms with van der Waals surface area (Å²) < 4.78 is 2.77. The zero-order valence-electron chi connectivity index (χ0n) is 10.8. The molecule has 0 bridgehead atoms. The molecule has 0 saturated carbocycles. The van der Waals surface area contributed by atoms with Crippen molar-refractivity contribution in [3.63, 3.8) is 0 Å². The standard InChI is InChI=1S/C14H14BrN3O/c1-8-13-11(9-4-3-5-10(15)6-9)7-12(19)16-14(13)18(2)17-8/h3-6,11H,7H2,1-2H3,(H,16,19). The predicted octanol–water partition coefficient (Wildman–Crippen LogP) is 2.97. The van der Waals surface area contributed by atoms with E-state index in [1.165, 1.54) is 0 Å². The van der Waals surface area contributed by atoms with Crippen molar-refractivity contribution in [1.82, 2.24) is 9.78 Å². The Morgan fingerprint density at radius 1 is 1.47 bits per heavy atom. The number of aryl methyl sites for hydroxylation is 2. The highest BCUT2D eigenvalue weighted by molar-refractivity contribution is 9.10. The number of amides is 1. The van der Waals surface area contributed by atoms with Gasteiger partial charge in [0.15, 0.2) is 0 Å². The van der Waals surface area contributed by atoms with E-state index in [9.17, 15) is 4.79 Å². The van der Waals surface area contributed by atoms with E-state index in [1.54, 1.807) is 4.68 Å². The Bertz CT molecular complexity index is 663. The molecule has 1 aliphatic heterocycles. The first kappa shape index (κ1) is 12.4. The van der Waals surface area contributed by atoms with Crippen LogP contribution in [0.1, 0.15) is 29.2 Å². The van der Waals surface area contributed by atoms with E-state index in [0.29, 0.717) is 6.42 Å². The smallest absolute Gasteiger partial charge is 0.226 e. The van der Waals surface area contributed by atoms with E-state index >= 15 is 0 Å². The summed E-state index contributed by atoms with van der Waals surface area (Å²) in [6, 6.07) is 8.12. The summed E-state index contributed by atoms with van der Waals surface area (Å²) >= 11 is 3.49. The molecule has 0 spiro atoms. The highest BCUT2D eigenvalue weighted by atomic mass is 79.9. The Balaban J connectivity index is 2.16. The minimum Gasteiger partial charge on any atom is -0.311 e. The zero-order chi connectivity index (χ0) is 13.6. The highest BCUT2D eigenvalue weighted by Crippen LogP contribution is 2.39. The lowest BCUT2D eigenvalue weighted by Crippen LogP contribution is -2.24. The van der Waals surface area contributed by atoms with E-state index < -0.39 is 0 Å². The summed E-state index contributed by atoms with van der Waals surface area (Å²) in [5.41, 5.74) is 3.24. The molecule has 1 atom stereocenters. The first-order valence-electron chi connectivity index (χ1n) is 6.15. The number of halogens is 1. The number of fused-ring (bicyclic) bond motifs is 1. The number of benzene rings is 1. The maximum atomic E-state index is 11.9. The second-order valence-electron chi connectivity index (χ2n) is 4.83. The van der Waals surface area contributed by atoms with E-state index in [0.717, 1.165) is 27.1 Å². The third kappa shape index (κ3) is 2.08. The summed E-state index contributed by atoms with van der Waals surface area (Å²) in [5, 5.41) is 7.33. The van der Waals surface area contributed by atoms with Crippen LogP contribution < -0.4 is 5.32 Å². The first-order chi connectivity index (χ1) is 9.06. The SMILES string of the molecule is Cc1nn(C)c2c1C(c1cccc(Br)c1)CC(=O)N2. The van der Waals surface area contributed by atoms with Gasteiger partial charge in [-0.2, -0.15) is 5.10 Å². The number of hydrogen-bond acceptors (Lipinski definition) is 2. The Morgan fingerprint density at radius 3 is 3.00 bits per heavy atom. The van der Waals surface area contributed by atoms with Crippen molar-refractivity contribution in [3.8, 4) is 0 Å². The number of nitrogens with zero attached hydrogens (tertiary/aromatic N) is 2. The van der Waals surface area contributed by atoms with Crippen molar-refractivity contribution in [2.75, 3.05) is 5.32 Å². The second-order valence-corrected chi connectivity index (χ2v) is 5.75. The summed E-state index contributed by atoms with van der Waals surface area (Å²) in [5.74, 6) is 0.939. The van der Waals surface area contributed by atoms with E-state index in [4.69, 9.17) is 0 Å². The van der Waals surface area contributed by atoms with Gasteiger partial charge < -0.3 is 5.32 Å². The summed E-state index contributed by atoms with van der Waals surface area (Å²) in [6.45, 7) is 1.99. The molecule has 4 nitrogen and oxygen atoms in total. The fourth-order valence-electron chi connectivity index (χ4n) is 2.72. The molecule has 2 heterocycles. The van der Waals surface area contributed by atoms with E-state index in [1.807, 2.05) is 26.1 Å². The molecule has 1 aliphatic rings. The molecular weight excluding hydrogens is 306 g/mol. The van der Waals surface area contributed by atoms with Gasteiger partial charge in [0.1, 0.15) is 5.82 Å². The fraction of sp³-hybridized carbons (Fsp3) is 0.286. The minimum atomic E-state index is 0.0421. The third-order valence-electron chi connectivity index (χ3n) is 3.52. The largest absolute Gasteiger partial charge is 0.311 e. The molecule has 1 N–H and O–H groups in total. The number of aromatic nitrogens is 2. The van der Waals surface area contributed by atoms with Gasteiger partial charge in [0.25, 0.3) is 0 Å². The van der Waals surface area contributed by atoms with Crippen LogP contribution in [0.5, 0.6) is 0 Å². The van der Waals surface area contributed by atoms with Crippen molar-refractivity contribution in [2.45, 2.75) is 19.3 Å². The Kier molecular flexibility index (Phi) is 2.93. The molecule has 1 aromatic carbocycles. The van der Waals surface area contributed by atoms with Crippen LogP contribution in [0.25, 0.3) is 0 Å². The topological polar surface area (TPSA) is 46.9 Å². The maximum Gasteiger partial charge on any atom is 0.226 e. The van der Waals surface area contributed by atoms with Crippen molar-refractivity contribution in [2.24, 2.45) is 7.05 Å². The monoisotopic (exact) mass is 319 g/mol. The van der Waals surface area contributed by atoms with Crippen LogP contribution in [0.4, 0.5) is 5.82 Å². The number of carbonyl (C=O) groups is 1. The Morgan fingerprint density at radius 2 is 2.26 bits per heavy atom. The summed E-state index contributed by atoms with van der Waals surface area (Å²) in [7, 11) is 1.86. The van der Waals surface area contributed by atoms with E-state index in [2.05, 4.69) is 38.5 Å². The molecule has 0 saturated heterocycles. The van der Waals surface area contributed by atoms with Gasteiger partial charge in [0.05, 0.1) is 5.69 Å². The summed E-state index contributed by atoms with van der Waals surface area (Å²) in [6.07, 6.45) is 0.468. The van der Waals surface area contributed by atoms with Gasteiger partial charge in [-0.25, -0.2) is 0 Å². The van der Waals surface area contributed by atoms with Gasteiger partial charge >= 0.3 is 0 Å². The summed E-state index contributed by atoms with van der Waals surface area (Å²) in [4.78, 5) is 11.9. The lowest BCUT2D eigenvalue weighted by molar-refractivity contribution is -0.116. The molecule has 1 aromatic heterocycles. The number of anilines is 1. The lowest BCUT2D eigenvalue weighted by Gasteiger charge is -2.24. The molecule has 0 fully saturated rings. The number of nitrogens with one attached hydrogen (secondary N) is 1. The molecule has 1 unspecified atom stereocenters. The lowest BCUT2D eigenvalue weighted by atomic mass is 9.86. The fourth-order valence-corrected chi connectivity index (χ4v) is 3.14. The quantitative estimate of drug-likeness (QED) is 0.878. The number of hydrogen-bond donors (Lipinski definition) is 1. The highest BCUT2D eigenvalue weighted by Gasteiger charge is 2.31. The van der Waals surface area contributed by atoms with Crippen molar-refractivity contribution >= 4 is 27.7 Å². The maximum absolute atomic E-state index is 11.9.